The van der Waals surface area contributed by atoms with Crippen molar-refractivity contribution in [3.05, 3.63) is 5.69 Å². The largest absolute Gasteiger partial charge is 0.383 e. The maximum atomic E-state index is 11.7. The topological polar surface area (TPSA) is 100.0 Å². The van der Waals surface area contributed by atoms with Crippen molar-refractivity contribution in [2.75, 3.05) is 26.0 Å². The molecule has 8 heteroatoms. The van der Waals surface area contributed by atoms with Crippen LogP contribution < -0.4 is 11.1 Å². The van der Waals surface area contributed by atoms with E-state index in [1.807, 2.05) is 18.5 Å². The van der Waals surface area contributed by atoms with E-state index in [-0.39, 0.29) is 5.91 Å². The third kappa shape index (κ3) is 2.74. The van der Waals surface area contributed by atoms with Gasteiger partial charge in [-0.3, -0.25) is 14.0 Å². The molecule has 2 aromatic rings. The Labute approximate surface area is 116 Å². The number of hydrogen-bond acceptors (Lipinski definition) is 5. The maximum Gasteiger partial charge on any atom is 0.221 e. The number of carbonyl (C=O) groups is 1. The van der Waals surface area contributed by atoms with E-state index in [9.17, 15) is 4.79 Å². The molecule has 0 aliphatic rings. The second-order valence-electron chi connectivity index (χ2n) is 4.60. The molecule has 0 spiro atoms. The standard InChI is InChI=1S/C12H20N6O2/c1-8-10-11(17(2)16-8)18(12(13)15-10)6-4-9(19)14-5-7-20-3/h4-7H2,1-3H3,(H2,13,15)(H,14,19). The van der Waals surface area contributed by atoms with Gasteiger partial charge in [0.1, 0.15) is 5.52 Å². The third-order valence-electron chi connectivity index (χ3n) is 3.11. The van der Waals surface area contributed by atoms with E-state index in [2.05, 4.69) is 15.4 Å². The van der Waals surface area contributed by atoms with Crippen LogP contribution in [0.3, 0.4) is 0 Å². The van der Waals surface area contributed by atoms with Crippen LogP contribution in [-0.2, 0) is 23.1 Å². The monoisotopic (exact) mass is 280 g/mol. The molecule has 3 N–H and O–H groups in total. The van der Waals surface area contributed by atoms with E-state index in [4.69, 9.17) is 10.5 Å². The van der Waals surface area contributed by atoms with Gasteiger partial charge in [0.2, 0.25) is 11.9 Å². The van der Waals surface area contributed by atoms with Crippen molar-refractivity contribution in [2.24, 2.45) is 7.05 Å². The summed E-state index contributed by atoms with van der Waals surface area (Å²) in [6.07, 6.45) is 0.337. The molecule has 0 atom stereocenters. The van der Waals surface area contributed by atoms with Gasteiger partial charge < -0.3 is 15.8 Å². The van der Waals surface area contributed by atoms with Crippen LogP contribution in [0.25, 0.3) is 11.2 Å². The summed E-state index contributed by atoms with van der Waals surface area (Å²) in [5, 5.41) is 7.07. The average molecular weight is 280 g/mol. The zero-order valence-electron chi connectivity index (χ0n) is 12.0. The fourth-order valence-electron chi connectivity index (χ4n) is 2.17. The van der Waals surface area contributed by atoms with Crippen LogP contribution in [0.5, 0.6) is 0 Å². The fraction of sp³-hybridized carbons (Fsp3) is 0.583. The van der Waals surface area contributed by atoms with Gasteiger partial charge in [-0.15, -0.1) is 0 Å². The van der Waals surface area contributed by atoms with Crippen LogP contribution in [0, 0.1) is 6.92 Å². The predicted molar refractivity (Wildman–Crippen MR) is 75.2 cm³/mol. The van der Waals surface area contributed by atoms with Crippen LogP contribution >= 0.6 is 0 Å². The lowest BCUT2D eigenvalue weighted by atomic mass is 10.4. The number of methoxy groups -OCH3 is 1. The predicted octanol–water partition coefficient (Wildman–Crippen LogP) is -0.187. The average Bonchev–Trinajstić information content (AvgIpc) is 2.86. The molecule has 110 valence electrons. The molecule has 0 aromatic carbocycles. The first-order valence-electron chi connectivity index (χ1n) is 6.45. The van der Waals surface area contributed by atoms with Crippen molar-refractivity contribution in [3.8, 4) is 0 Å². The smallest absolute Gasteiger partial charge is 0.221 e. The molecule has 0 fully saturated rings. The highest BCUT2D eigenvalue weighted by Gasteiger charge is 2.16. The number of anilines is 1. The molecule has 0 radical (unpaired) electrons. The number of hydrogen-bond donors (Lipinski definition) is 2. The fourth-order valence-corrected chi connectivity index (χ4v) is 2.17. The quantitative estimate of drug-likeness (QED) is 0.715. The van der Waals surface area contributed by atoms with E-state index in [0.717, 1.165) is 16.9 Å². The molecule has 0 bridgehead atoms. The summed E-state index contributed by atoms with van der Waals surface area (Å²) >= 11 is 0. The first-order chi connectivity index (χ1) is 9.54. The van der Waals surface area contributed by atoms with Crippen LogP contribution in [0.15, 0.2) is 0 Å². The molecule has 20 heavy (non-hydrogen) atoms. The van der Waals surface area contributed by atoms with Crippen molar-refractivity contribution >= 4 is 23.0 Å². The second-order valence-corrected chi connectivity index (χ2v) is 4.60. The van der Waals surface area contributed by atoms with E-state index in [1.54, 1.807) is 11.8 Å². The number of nitrogen functional groups attached to an aromatic ring is 1. The van der Waals surface area contributed by atoms with Crippen LogP contribution in [0.2, 0.25) is 0 Å². The highest BCUT2D eigenvalue weighted by atomic mass is 16.5. The van der Waals surface area contributed by atoms with E-state index < -0.39 is 0 Å². The Morgan fingerprint density at radius 1 is 1.50 bits per heavy atom. The lowest BCUT2D eigenvalue weighted by Gasteiger charge is -2.07. The van der Waals surface area contributed by atoms with Gasteiger partial charge in [-0.25, -0.2) is 4.98 Å². The maximum absolute atomic E-state index is 11.7. The molecule has 1 amide bonds. The summed E-state index contributed by atoms with van der Waals surface area (Å²) < 4.78 is 8.42. The lowest BCUT2D eigenvalue weighted by molar-refractivity contribution is -0.121. The zero-order valence-corrected chi connectivity index (χ0v) is 12.0. The molecular weight excluding hydrogens is 260 g/mol. The minimum Gasteiger partial charge on any atom is -0.383 e. The van der Waals surface area contributed by atoms with Gasteiger partial charge in [0.05, 0.1) is 12.3 Å². The summed E-state index contributed by atoms with van der Waals surface area (Å²) in [6, 6.07) is 0. The lowest BCUT2D eigenvalue weighted by Crippen LogP contribution is -2.27. The number of carbonyl (C=O) groups excluding carboxylic acids is 1. The highest BCUT2D eigenvalue weighted by Crippen LogP contribution is 2.20. The Hall–Kier alpha value is -2.09. The van der Waals surface area contributed by atoms with Crippen molar-refractivity contribution in [1.82, 2.24) is 24.6 Å². The first kappa shape index (κ1) is 14.3. The molecule has 0 aliphatic carbocycles. The zero-order chi connectivity index (χ0) is 14.7. The van der Waals surface area contributed by atoms with Crippen molar-refractivity contribution < 1.29 is 9.53 Å². The summed E-state index contributed by atoms with van der Waals surface area (Å²) in [6.45, 7) is 3.37. The number of aryl methyl sites for hydroxylation is 3. The van der Waals surface area contributed by atoms with Crippen molar-refractivity contribution in [1.29, 1.82) is 0 Å². The SMILES string of the molecule is COCCNC(=O)CCn1c(N)nc2c(C)nn(C)c21. The number of fused-ring (bicyclic) bond motifs is 1. The summed E-state index contributed by atoms with van der Waals surface area (Å²) in [5.41, 5.74) is 8.35. The number of ether oxygens (including phenoxy) is 1. The van der Waals surface area contributed by atoms with Crippen LogP contribution in [-0.4, -0.2) is 45.5 Å². The highest BCUT2D eigenvalue weighted by molar-refractivity contribution is 5.79. The summed E-state index contributed by atoms with van der Waals surface area (Å²) in [7, 11) is 3.44. The number of imidazole rings is 1. The molecule has 0 aliphatic heterocycles. The Morgan fingerprint density at radius 2 is 2.25 bits per heavy atom. The number of nitrogens with two attached hydrogens (primary N) is 1. The van der Waals surface area contributed by atoms with Gasteiger partial charge in [0, 0.05) is 33.7 Å². The van der Waals surface area contributed by atoms with Crippen molar-refractivity contribution in [3.63, 3.8) is 0 Å². The second kappa shape index (κ2) is 5.91. The number of amides is 1. The van der Waals surface area contributed by atoms with E-state index >= 15 is 0 Å². The number of rotatable bonds is 6. The summed E-state index contributed by atoms with van der Waals surface area (Å²) in [5.74, 6) is 0.364. The van der Waals surface area contributed by atoms with Gasteiger partial charge in [-0.2, -0.15) is 5.10 Å². The van der Waals surface area contributed by atoms with Crippen molar-refractivity contribution in [2.45, 2.75) is 19.9 Å². The van der Waals surface area contributed by atoms with E-state index in [1.165, 1.54) is 0 Å². The van der Waals surface area contributed by atoms with Gasteiger partial charge >= 0.3 is 0 Å². The molecular formula is C12H20N6O2. The molecule has 2 rings (SSSR count). The molecule has 2 aromatic heterocycles. The minimum absolute atomic E-state index is 0.0396. The molecule has 0 saturated carbocycles. The Kier molecular flexibility index (Phi) is 4.23. The molecule has 0 unspecified atom stereocenters. The van der Waals surface area contributed by atoms with Gasteiger partial charge in [0.15, 0.2) is 5.65 Å². The van der Waals surface area contributed by atoms with Gasteiger partial charge in [-0.1, -0.05) is 0 Å². The number of nitrogens with zero attached hydrogens (tertiary/aromatic N) is 4. The Balaban J connectivity index is 2.06. The Morgan fingerprint density at radius 3 is 2.95 bits per heavy atom. The minimum atomic E-state index is -0.0396. The molecule has 0 saturated heterocycles. The van der Waals surface area contributed by atoms with Gasteiger partial charge in [-0.05, 0) is 6.92 Å². The Bertz CT molecular complexity index is 615. The third-order valence-corrected chi connectivity index (χ3v) is 3.11. The molecule has 8 nitrogen and oxygen atoms in total. The first-order valence-corrected chi connectivity index (χ1v) is 6.45. The number of aromatic nitrogens is 4. The van der Waals surface area contributed by atoms with E-state index in [0.29, 0.717) is 32.1 Å². The number of nitrogens with one attached hydrogen (secondary N) is 1. The van der Waals surface area contributed by atoms with Crippen LogP contribution in [0.4, 0.5) is 5.95 Å². The van der Waals surface area contributed by atoms with Crippen LogP contribution in [0.1, 0.15) is 12.1 Å². The summed E-state index contributed by atoms with van der Waals surface area (Å²) in [4.78, 5) is 16.0. The normalized spacial score (nSPS) is 11.2. The molecule has 2 heterocycles. The van der Waals surface area contributed by atoms with Gasteiger partial charge in [0.25, 0.3) is 0 Å².